The van der Waals surface area contributed by atoms with Crippen molar-refractivity contribution < 1.29 is 4.79 Å². The van der Waals surface area contributed by atoms with Crippen LogP contribution >= 0.6 is 11.3 Å². The van der Waals surface area contributed by atoms with Crippen molar-refractivity contribution in [3.8, 4) is 0 Å². The number of hydrogen-bond donors (Lipinski definition) is 0. The molecule has 0 aliphatic carbocycles. The topological polar surface area (TPSA) is 34.9 Å². The van der Waals surface area contributed by atoms with E-state index in [1.807, 2.05) is 30.5 Å². The second-order valence-electron chi connectivity index (χ2n) is 5.21. The fourth-order valence-electron chi connectivity index (χ4n) is 2.26. The van der Waals surface area contributed by atoms with Crippen LogP contribution in [0, 0.1) is 0 Å². The van der Waals surface area contributed by atoms with Crippen LogP contribution in [0.3, 0.4) is 0 Å². The van der Waals surface area contributed by atoms with Crippen molar-refractivity contribution in [3.63, 3.8) is 0 Å². The first kappa shape index (κ1) is 13.1. The summed E-state index contributed by atoms with van der Waals surface area (Å²) in [4.78, 5) is 15.5. The first-order chi connectivity index (χ1) is 9.67. The maximum absolute atomic E-state index is 10.8. The second-order valence-corrected chi connectivity index (χ2v) is 6.10. The van der Waals surface area contributed by atoms with Crippen LogP contribution in [-0.2, 0) is 6.54 Å². The molecule has 3 aromatic rings. The summed E-state index contributed by atoms with van der Waals surface area (Å²) in [5.74, 6) is 0.477. The van der Waals surface area contributed by atoms with Gasteiger partial charge in [-0.3, -0.25) is 4.79 Å². The van der Waals surface area contributed by atoms with Gasteiger partial charge in [0.1, 0.15) is 6.29 Å². The molecule has 20 heavy (non-hydrogen) atoms. The number of thiazole rings is 1. The number of benzene rings is 1. The minimum absolute atomic E-state index is 0.477. The number of fused-ring (bicyclic) bond motifs is 1. The molecule has 0 aliphatic rings. The van der Waals surface area contributed by atoms with Crippen LogP contribution in [0.4, 0.5) is 0 Å². The molecule has 3 nitrogen and oxygen atoms in total. The van der Waals surface area contributed by atoms with Gasteiger partial charge >= 0.3 is 0 Å². The zero-order valence-electron chi connectivity index (χ0n) is 11.5. The number of hydrogen-bond acceptors (Lipinski definition) is 3. The van der Waals surface area contributed by atoms with Gasteiger partial charge in [0.05, 0.1) is 17.2 Å². The average molecular weight is 284 g/mol. The summed E-state index contributed by atoms with van der Waals surface area (Å²) in [6.07, 6.45) is 2.93. The average Bonchev–Trinajstić information content (AvgIpc) is 3.06. The van der Waals surface area contributed by atoms with Crippen LogP contribution in [0.15, 0.2) is 35.8 Å². The Bertz CT molecular complexity index is 755. The minimum Gasteiger partial charge on any atom is -0.341 e. The van der Waals surface area contributed by atoms with Crippen LogP contribution in [-0.4, -0.2) is 15.8 Å². The number of carbonyl (C=O) groups excluding carboxylic acids is 1. The highest BCUT2D eigenvalue weighted by molar-refractivity contribution is 7.09. The molecule has 0 unspecified atom stereocenters. The molecular weight excluding hydrogens is 268 g/mol. The Morgan fingerprint density at radius 1 is 1.35 bits per heavy atom. The molecule has 0 spiro atoms. The van der Waals surface area contributed by atoms with E-state index in [-0.39, 0.29) is 0 Å². The highest BCUT2D eigenvalue weighted by atomic mass is 32.1. The van der Waals surface area contributed by atoms with E-state index < -0.39 is 0 Å². The molecule has 0 radical (unpaired) electrons. The summed E-state index contributed by atoms with van der Waals surface area (Å²) < 4.78 is 2.17. The lowest BCUT2D eigenvalue weighted by Crippen LogP contribution is -1.99. The van der Waals surface area contributed by atoms with E-state index in [1.165, 1.54) is 5.01 Å². The van der Waals surface area contributed by atoms with Crippen molar-refractivity contribution in [3.05, 3.63) is 52.1 Å². The number of nitrogens with zero attached hydrogens (tertiary/aromatic N) is 2. The molecule has 2 heterocycles. The summed E-state index contributed by atoms with van der Waals surface area (Å²) in [5.41, 5.74) is 2.94. The van der Waals surface area contributed by atoms with Gasteiger partial charge in [-0.1, -0.05) is 13.8 Å². The smallest absolute Gasteiger partial charge is 0.150 e. The summed E-state index contributed by atoms with van der Waals surface area (Å²) in [7, 11) is 0. The van der Waals surface area contributed by atoms with Gasteiger partial charge in [0, 0.05) is 34.0 Å². The minimum atomic E-state index is 0.477. The van der Waals surface area contributed by atoms with Gasteiger partial charge < -0.3 is 4.57 Å². The van der Waals surface area contributed by atoms with E-state index in [4.69, 9.17) is 0 Å². The molecule has 102 valence electrons. The largest absolute Gasteiger partial charge is 0.341 e. The Morgan fingerprint density at radius 3 is 2.90 bits per heavy atom. The number of aromatic nitrogens is 2. The van der Waals surface area contributed by atoms with Crippen molar-refractivity contribution in [1.29, 1.82) is 0 Å². The molecule has 0 fully saturated rings. The van der Waals surface area contributed by atoms with E-state index >= 15 is 0 Å². The summed E-state index contributed by atoms with van der Waals surface area (Å²) in [6.45, 7) is 5.09. The highest BCUT2D eigenvalue weighted by Gasteiger charge is 2.08. The standard InChI is InChI=1S/C16H16N2OS/c1-11(2)16-17-14(10-20-16)8-18-6-5-13-7-12(9-19)3-4-15(13)18/h3-7,9-11H,8H2,1-2H3. The monoisotopic (exact) mass is 284 g/mol. The molecule has 0 amide bonds. The Balaban J connectivity index is 1.92. The Labute approximate surface area is 121 Å². The Morgan fingerprint density at radius 2 is 2.20 bits per heavy atom. The molecule has 0 aliphatic heterocycles. The van der Waals surface area contributed by atoms with E-state index in [0.717, 1.165) is 29.4 Å². The van der Waals surface area contributed by atoms with Gasteiger partial charge in [0.2, 0.25) is 0 Å². The maximum atomic E-state index is 10.8. The number of aldehydes is 1. The van der Waals surface area contributed by atoms with Gasteiger partial charge in [-0.15, -0.1) is 11.3 Å². The van der Waals surface area contributed by atoms with E-state index in [1.54, 1.807) is 11.3 Å². The van der Waals surface area contributed by atoms with Crippen LogP contribution in [0.25, 0.3) is 10.9 Å². The van der Waals surface area contributed by atoms with Crippen molar-refractivity contribution in [2.75, 3.05) is 0 Å². The van der Waals surface area contributed by atoms with Gasteiger partial charge in [-0.2, -0.15) is 0 Å². The predicted molar refractivity (Wildman–Crippen MR) is 82.6 cm³/mol. The lowest BCUT2D eigenvalue weighted by Gasteiger charge is -2.03. The molecule has 0 atom stereocenters. The molecule has 3 rings (SSSR count). The third kappa shape index (κ3) is 2.39. The zero-order valence-corrected chi connectivity index (χ0v) is 12.4. The molecule has 0 saturated heterocycles. The van der Waals surface area contributed by atoms with E-state index in [9.17, 15) is 4.79 Å². The first-order valence-corrected chi connectivity index (χ1v) is 7.53. The number of carbonyl (C=O) groups is 1. The molecule has 2 aromatic heterocycles. The van der Waals surface area contributed by atoms with Gasteiger partial charge in [-0.05, 0) is 24.3 Å². The normalized spacial score (nSPS) is 11.3. The van der Waals surface area contributed by atoms with Crippen molar-refractivity contribution in [2.24, 2.45) is 0 Å². The van der Waals surface area contributed by atoms with E-state index in [2.05, 4.69) is 28.8 Å². The summed E-state index contributed by atoms with van der Waals surface area (Å²) in [5, 5.41) is 4.40. The third-order valence-electron chi connectivity index (χ3n) is 3.33. The van der Waals surface area contributed by atoms with Crippen LogP contribution < -0.4 is 0 Å². The fourth-order valence-corrected chi connectivity index (χ4v) is 3.09. The van der Waals surface area contributed by atoms with Crippen LogP contribution in [0.5, 0.6) is 0 Å². The lowest BCUT2D eigenvalue weighted by molar-refractivity contribution is 0.112. The molecule has 0 bridgehead atoms. The first-order valence-electron chi connectivity index (χ1n) is 6.66. The fraction of sp³-hybridized carbons (Fsp3) is 0.250. The lowest BCUT2D eigenvalue weighted by atomic mass is 10.2. The molecule has 1 aromatic carbocycles. The molecule has 4 heteroatoms. The SMILES string of the molecule is CC(C)c1nc(Cn2ccc3cc(C=O)ccc32)cs1. The van der Waals surface area contributed by atoms with Crippen LogP contribution in [0.2, 0.25) is 0 Å². The molecule has 0 N–H and O–H groups in total. The Kier molecular flexibility index (Phi) is 3.40. The number of rotatable bonds is 4. The predicted octanol–water partition coefficient (Wildman–Crippen LogP) is 4.08. The second kappa shape index (κ2) is 5.21. The van der Waals surface area contributed by atoms with Crippen LogP contribution in [0.1, 0.15) is 40.8 Å². The Hall–Kier alpha value is -1.94. The van der Waals surface area contributed by atoms with Gasteiger partial charge in [0.25, 0.3) is 0 Å². The summed E-state index contributed by atoms with van der Waals surface area (Å²) >= 11 is 1.72. The molecular formula is C16H16N2OS. The van der Waals surface area contributed by atoms with E-state index in [0.29, 0.717) is 11.5 Å². The third-order valence-corrected chi connectivity index (χ3v) is 4.52. The summed E-state index contributed by atoms with van der Waals surface area (Å²) in [6, 6.07) is 7.80. The van der Waals surface area contributed by atoms with Crippen molar-refractivity contribution >= 4 is 28.5 Å². The van der Waals surface area contributed by atoms with Gasteiger partial charge in [-0.25, -0.2) is 4.98 Å². The molecule has 0 saturated carbocycles. The quantitative estimate of drug-likeness (QED) is 0.677. The maximum Gasteiger partial charge on any atom is 0.150 e. The van der Waals surface area contributed by atoms with Crippen molar-refractivity contribution in [2.45, 2.75) is 26.3 Å². The van der Waals surface area contributed by atoms with Crippen molar-refractivity contribution in [1.82, 2.24) is 9.55 Å². The highest BCUT2D eigenvalue weighted by Crippen LogP contribution is 2.22. The van der Waals surface area contributed by atoms with Gasteiger partial charge in [0.15, 0.2) is 0 Å². The zero-order chi connectivity index (χ0) is 14.1.